The maximum atomic E-state index is 12.6. The number of amides is 2. The lowest BCUT2D eigenvalue weighted by Gasteiger charge is -2.11. The zero-order valence-corrected chi connectivity index (χ0v) is 19.9. The second-order valence-corrected chi connectivity index (χ2v) is 10.7. The Bertz CT molecular complexity index is 1260. The number of rotatable bonds is 7. The van der Waals surface area contributed by atoms with Crippen molar-refractivity contribution in [1.82, 2.24) is 4.98 Å². The first-order valence-electron chi connectivity index (χ1n) is 9.99. The van der Waals surface area contributed by atoms with Gasteiger partial charge in [0.05, 0.1) is 22.0 Å². The van der Waals surface area contributed by atoms with Crippen molar-refractivity contribution in [1.29, 1.82) is 0 Å². The third kappa shape index (κ3) is 6.02. The molecular formula is C23H25N3O4S2. The molecule has 2 amide bonds. The molecule has 0 aliphatic carbocycles. The highest BCUT2D eigenvalue weighted by molar-refractivity contribution is 7.90. The zero-order valence-electron chi connectivity index (χ0n) is 18.3. The molecule has 0 spiro atoms. The van der Waals surface area contributed by atoms with Crippen LogP contribution in [0.25, 0.3) is 0 Å². The van der Waals surface area contributed by atoms with Gasteiger partial charge in [-0.25, -0.2) is 13.4 Å². The van der Waals surface area contributed by atoms with Crippen LogP contribution in [0.1, 0.15) is 46.4 Å². The minimum atomic E-state index is -3.41. The van der Waals surface area contributed by atoms with Gasteiger partial charge in [-0.15, -0.1) is 11.3 Å². The first-order valence-corrected chi connectivity index (χ1v) is 12.8. The maximum absolute atomic E-state index is 12.6. The molecule has 0 aliphatic heterocycles. The van der Waals surface area contributed by atoms with E-state index in [0.717, 1.165) is 22.5 Å². The van der Waals surface area contributed by atoms with Gasteiger partial charge in [-0.05, 0) is 48.9 Å². The molecular weight excluding hydrogens is 446 g/mol. The summed E-state index contributed by atoms with van der Waals surface area (Å²) in [7, 11) is -3.41. The van der Waals surface area contributed by atoms with E-state index < -0.39 is 15.7 Å². The Morgan fingerprint density at radius 2 is 1.84 bits per heavy atom. The standard InChI is InChI=1S/C23H25N3O4S2/c1-14(2)23-25-18(13-31-23)12-21(27)24-17-8-9-20(15(3)10-17)26-22(28)16-6-5-7-19(11-16)32(4,29)30/h5-11,13-14H,12H2,1-4H3,(H,24,27)(H,26,28). The van der Waals surface area contributed by atoms with Crippen molar-refractivity contribution < 1.29 is 18.0 Å². The minimum absolute atomic E-state index is 0.0839. The SMILES string of the molecule is Cc1cc(NC(=O)Cc2csc(C(C)C)n2)ccc1NC(=O)c1cccc(S(C)(=O)=O)c1. The van der Waals surface area contributed by atoms with Gasteiger partial charge in [-0.3, -0.25) is 9.59 Å². The van der Waals surface area contributed by atoms with E-state index in [9.17, 15) is 18.0 Å². The molecule has 7 nitrogen and oxygen atoms in total. The van der Waals surface area contributed by atoms with Crippen molar-refractivity contribution in [2.75, 3.05) is 16.9 Å². The van der Waals surface area contributed by atoms with Gasteiger partial charge in [-0.2, -0.15) is 0 Å². The van der Waals surface area contributed by atoms with Crippen molar-refractivity contribution in [3.63, 3.8) is 0 Å². The van der Waals surface area contributed by atoms with Crippen LogP contribution in [0, 0.1) is 6.92 Å². The number of nitrogens with one attached hydrogen (secondary N) is 2. The molecule has 0 saturated carbocycles. The molecule has 0 aliphatic rings. The van der Waals surface area contributed by atoms with Gasteiger partial charge >= 0.3 is 0 Å². The molecule has 32 heavy (non-hydrogen) atoms. The van der Waals surface area contributed by atoms with Crippen molar-refractivity contribution in [2.45, 2.75) is 38.0 Å². The largest absolute Gasteiger partial charge is 0.326 e. The lowest BCUT2D eigenvalue weighted by atomic mass is 10.1. The van der Waals surface area contributed by atoms with Crippen LogP contribution in [0.5, 0.6) is 0 Å². The number of thiazole rings is 1. The van der Waals surface area contributed by atoms with Crippen LogP contribution in [-0.4, -0.2) is 31.5 Å². The molecule has 3 rings (SSSR count). The lowest BCUT2D eigenvalue weighted by molar-refractivity contribution is -0.115. The molecule has 0 saturated heterocycles. The van der Waals surface area contributed by atoms with Crippen LogP contribution in [0.3, 0.4) is 0 Å². The number of aryl methyl sites for hydroxylation is 1. The van der Waals surface area contributed by atoms with E-state index >= 15 is 0 Å². The number of nitrogens with zero attached hydrogens (tertiary/aromatic N) is 1. The van der Waals surface area contributed by atoms with E-state index in [1.54, 1.807) is 35.6 Å². The van der Waals surface area contributed by atoms with Crippen molar-refractivity contribution in [3.8, 4) is 0 Å². The van der Waals surface area contributed by atoms with Crippen LogP contribution >= 0.6 is 11.3 Å². The van der Waals surface area contributed by atoms with E-state index in [1.165, 1.54) is 18.2 Å². The summed E-state index contributed by atoms with van der Waals surface area (Å²) in [5.41, 5.74) is 2.93. The molecule has 1 heterocycles. The normalized spacial score (nSPS) is 11.4. The summed E-state index contributed by atoms with van der Waals surface area (Å²) in [4.78, 5) is 29.5. The monoisotopic (exact) mass is 471 g/mol. The van der Waals surface area contributed by atoms with Gasteiger partial charge in [0, 0.05) is 34.5 Å². The second-order valence-electron chi connectivity index (χ2n) is 7.84. The van der Waals surface area contributed by atoms with Gasteiger partial charge in [-0.1, -0.05) is 19.9 Å². The summed E-state index contributed by atoms with van der Waals surface area (Å²) >= 11 is 1.55. The highest BCUT2D eigenvalue weighted by Crippen LogP contribution is 2.22. The van der Waals surface area contributed by atoms with Crippen LogP contribution in [0.4, 0.5) is 11.4 Å². The van der Waals surface area contributed by atoms with E-state index in [0.29, 0.717) is 17.3 Å². The van der Waals surface area contributed by atoms with Crippen LogP contribution in [0.2, 0.25) is 0 Å². The van der Waals surface area contributed by atoms with Crippen LogP contribution < -0.4 is 10.6 Å². The highest BCUT2D eigenvalue weighted by Gasteiger charge is 2.14. The average Bonchev–Trinajstić information content (AvgIpc) is 3.18. The third-order valence-corrected chi connectivity index (χ3v) is 6.99. The predicted molar refractivity (Wildman–Crippen MR) is 127 cm³/mol. The molecule has 0 bridgehead atoms. The highest BCUT2D eigenvalue weighted by atomic mass is 32.2. The average molecular weight is 472 g/mol. The zero-order chi connectivity index (χ0) is 23.5. The summed E-state index contributed by atoms with van der Waals surface area (Å²) in [6.45, 7) is 5.94. The van der Waals surface area contributed by atoms with E-state index in [2.05, 4.69) is 29.5 Å². The van der Waals surface area contributed by atoms with Crippen LogP contribution in [0.15, 0.2) is 52.7 Å². The number of carbonyl (C=O) groups is 2. The fraction of sp³-hybridized carbons (Fsp3) is 0.261. The molecule has 2 N–H and O–H groups in total. The van der Waals surface area contributed by atoms with Crippen LogP contribution in [-0.2, 0) is 21.1 Å². The Labute approximate surface area is 191 Å². The molecule has 1 aromatic heterocycles. The number of anilines is 2. The molecule has 0 atom stereocenters. The minimum Gasteiger partial charge on any atom is -0.326 e. The Kier molecular flexibility index (Phi) is 7.10. The maximum Gasteiger partial charge on any atom is 0.255 e. The first kappa shape index (κ1) is 23.6. The number of hydrogen-bond donors (Lipinski definition) is 2. The molecule has 9 heteroatoms. The van der Waals surface area contributed by atoms with Gasteiger partial charge in [0.1, 0.15) is 0 Å². The Hall–Kier alpha value is -3.04. The van der Waals surface area contributed by atoms with Crippen molar-refractivity contribution in [2.24, 2.45) is 0 Å². The molecule has 2 aromatic carbocycles. The number of benzene rings is 2. The number of carbonyl (C=O) groups excluding carboxylic acids is 2. The Balaban J connectivity index is 1.66. The summed E-state index contributed by atoms with van der Waals surface area (Å²) in [6.07, 6.45) is 1.29. The molecule has 0 radical (unpaired) electrons. The molecule has 0 fully saturated rings. The second kappa shape index (κ2) is 9.62. The number of hydrogen-bond acceptors (Lipinski definition) is 6. The fourth-order valence-corrected chi connectivity index (χ4v) is 4.48. The van der Waals surface area contributed by atoms with Gasteiger partial charge in [0.25, 0.3) is 5.91 Å². The fourth-order valence-electron chi connectivity index (χ4n) is 2.98. The predicted octanol–water partition coefficient (Wildman–Crippen LogP) is 4.41. The summed E-state index contributed by atoms with van der Waals surface area (Å²) < 4.78 is 23.4. The Morgan fingerprint density at radius 1 is 1.09 bits per heavy atom. The number of sulfone groups is 1. The van der Waals surface area contributed by atoms with Crippen molar-refractivity contribution >= 4 is 44.4 Å². The summed E-state index contributed by atoms with van der Waals surface area (Å²) in [6, 6.07) is 11.0. The van der Waals surface area contributed by atoms with E-state index in [4.69, 9.17) is 0 Å². The topological polar surface area (TPSA) is 105 Å². The van der Waals surface area contributed by atoms with Gasteiger partial charge in [0.2, 0.25) is 5.91 Å². The van der Waals surface area contributed by atoms with E-state index in [-0.39, 0.29) is 22.8 Å². The van der Waals surface area contributed by atoms with Gasteiger partial charge < -0.3 is 10.6 Å². The molecule has 3 aromatic rings. The van der Waals surface area contributed by atoms with Crippen molar-refractivity contribution in [3.05, 3.63) is 69.7 Å². The Morgan fingerprint density at radius 3 is 2.47 bits per heavy atom. The van der Waals surface area contributed by atoms with Gasteiger partial charge in [0.15, 0.2) is 9.84 Å². The summed E-state index contributed by atoms with van der Waals surface area (Å²) in [5, 5.41) is 8.54. The molecule has 0 unspecified atom stereocenters. The number of aromatic nitrogens is 1. The lowest BCUT2D eigenvalue weighted by Crippen LogP contribution is -2.16. The smallest absolute Gasteiger partial charge is 0.255 e. The third-order valence-electron chi connectivity index (χ3n) is 4.69. The quantitative estimate of drug-likeness (QED) is 0.531. The summed E-state index contributed by atoms with van der Waals surface area (Å²) in [5.74, 6) is -0.254. The van der Waals surface area contributed by atoms with E-state index in [1.807, 2.05) is 12.3 Å². The first-order chi connectivity index (χ1) is 15.0. The molecule has 168 valence electrons.